The van der Waals surface area contributed by atoms with E-state index in [-0.39, 0.29) is 37.4 Å². The summed E-state index contributed by atoms with van der Waals surface area (Å²) in [5.74, 6) is 0.340. The molecule has 246 valence electrons. The summed E-state index contributed by atoms with van der Waals surface area (Å²) in [5, 5.41) is 23.8. The first-order chi connectivity index (χ1) is 21.3. The third-order valence-electron chi connectivity index (χ3n) is 8.71. The molecule has 0 aliphatic heterocycles. The molecule has 0 bridgehead atoms. The Labute approximate surface area is 276 Å². The van der Waals surface area contributed by atoms with Gasteiger partial charge in [0.15, 0.2) is 11.5 Å². The molecular weight excluding hydrogens is 675 g/mol. The van der Waals surface area contributed by atoms with E-state index in [0.29, 0.717) is 32.6 Å². The van der Waals surface area contributed by atoms with Crippen molar-refractivity contribution in [3.8, 4) is 11.5 Å². The Kier molecular flexibility index (Phi) is 16.0. The lowest BCUT2D eigenvalue weighted by Crippen LogP contribution is -2.57. The topological polar surface area (TPSA) is 125 Å². The zero-order valence-corrected chi connectivity index (χ0v) is 28.6. The normalized spacial score (nSPS) is 20.2. The lowest BCUT2D eigenvalue weighted by Gasteiger charge is -2.43. The van der Waals surface area contributed by atoms with Crippen LogP contribution in [0.5, 0.6) is 11.5 Å². The van der Waals surface area contributed by atoms with Crippen molar-refractivity contribution >= 4 is 40.7 Å². The lowest BCUT2D eigenvalue weighted by atomic mass is 9.87. The number of rotatable bonds is 19. The first-order valence-corrected chi connectivity index (χ1v) is 17.5. The maximum Gasteiger partial charge on any atom is 0.247 e. The number of halogens is 1. The number of aliphatic hydroxyl groups is 2. The summed E-state index contributed by atoms with van der Waals surface area (Å²) in [7, 11) is 1.48. The van der Waals surface area contributed by atoms with Gasteiger partial charge < -0.3 is 29.9 Å². The van der Waals surface area contributed by atoms with E-state index < -0.39 is 18.2 Å². The minimum absolute atomic E-state index is 0.00256. The lowest BCUT2D eigenvalue weighted by molar-refractivity contribution is -0.142. The molecule has 10 heteroatoms. The minimum Gasteiger partial charge on any atom is -0.493 e. The molecule has 0 saturated heterocycles. The standard InChI is InChI=1S/C34H51IN2O7/c1-3-4-5-6-7-8-9-10-11-16-31(40)37(26-14-12-13-15-26)28-21-25(34(42)36-17-18-38)22-29(32(28)41)44-33-27(35)19-24(23-39)20-30(33)43-2/h19-20,22-23,26,28-29,32,38,41H,3-18,21H2,1-2H3,(H,36,42). The fourth-order valence-electron chi connectivity index (χ4n) is 6.36. The molecule has 1 aromatic rings. The molecule has 2 aliphatic rings. The summed E-state index contributed by atoms with van der Waals surface area (Å²) < 4.78 is 12.5. The fraction of sp³-hybridized carbons (Fsp3) is 0.676. The van der Waals surface area contributed by atoms with E-state index in [1.807, 2.05) is 4.90 Å². The van der Waals surface area contributed by atoms with Crippen LogP contribution in [0.15, 0.2) is 23.8 Å². The molecule has 44 heavy (non-hydrogen) atoms. The van der Waals surface area contributed by atoms with Gasteiger partial charge in [0.25, 0.3) is 0 Å². The molecule has 3 unspecified atom stereocenters. The summed E-state index contributed by atoms with van der Waals surface area (Å²) in [6, 6.07) is 2.58. The number of methoxy groups -OCH3 is 1. The van der Waals surface area contributed by atoms with Crippen LogP contribution >= 0.6 is 22.6 Å². The number of aliphatic hydroxyl groups excluding tert-OH is 2. The smallest absolute Gasteiger partial charge is 0.247 e. The number of benzene rings is 1. The van der Waals surface area contributed by atoms with Crippen LogP contribution in [-0.4, -0.2) is 77.8 Å². The van der Waals surface area contributed by atoms with Crippen molar-refractivity contribution in [1.29, 1.82) is 0 Å². The Morgan fingerprint density at radius 1 is 1.07 bits per heavy atom. The molecule has 9 nitrogen and oxygen atoms in total. The van der Waals surface area contributed by atoms with Crippen LogP contribution < -0.4 is 14.8 Å². The Morgan fingerprint density at radius 3 is 2.34 bits per heavy atom. The van der Waals surface area contributed by atoms with Gasteiger partial charge in [0.2, 0.25) is 11.8 Å². The van der Waals surface area contributed by atoms with Crippen molar-refractivity contribution < 1.29 is 34.1 Å². The van der Waals surface area contributed by atoms with E-state index >= 15 is 0 Å². The van der Waals surface area contributed by atoms with Gasteiger partial charge in [-0.15, -0.1) is 0 Å². The highest BCUT2D eigenvalue weighted by Crippen LogP contribution is 2.38. The average molecular weight is 727 g/mol. The molecule has 2 amide bonds. The van der Waals surface area contributed by atoms with Crippen LogP contribution in [0.25, 0.3) is 0 Å². The molecule has 0 heterocycles. The molecule has 3 atom stereocenters. The number of carbonyl (C=O) groups excluding carboxylic acids is 3. The molecule has 1 saturated carbocycles. The van der Waals surface area contributed by atoms with E-state index in [2.05, 4.69) is 34.8 Å². The monoisotopic (exact) mass is 726 g/mol. The van der Waals surface area contributed by atoms with E-state index in [0.717, 1.165) is 51.2 Å². The molecule has 3 rings (SSSR count). The first kappa shape index (κ1) is 36.3. The van der Waals surface area contributed by atoms with E-state index in [9.17, 15) is 24.6 Å². The molecule has 1 aromatic carbocycles. The SMILES string of the molecule is CCCCCCCCCCCC(=O)N(C1CCCC1)C1CC(C(=O)NCCO)=CC(Oc2c(I)cc(C=O)cc2OC)C1O. The van der Waals surface area contributed by atoms with Crippen LogP contribution in [0.3, 0.4) is 0 Å². The number of hydrogen-bond donors (Lipinski definition) is 3. The molecule has 1 fully saturated rings. The van der Waals surface area contributed by atoms with E-state index in [1.165, 1.54) is 45.6 Å². The first-order valence-electron chi connectivity index (χ1n) is 16.4. The Bertz CT molecular complexity index is 1110. The van der Waals surface area contributed by atoms with Crippen LogP contribution in [0.4, 0.5) is 0 Å². The van der Waals surface area contributed by atoms with Crippen molar-refractivity contribution in [3.63, 3.8) is 0 Å². The summed E-state index contributed by atoms with van der Waals surface area (Å²) in [6.07, 6.45) is 15.1. The van der Waals surface area contributed by atoms with Gasteiger partial charge in [0.05, 0.1) is 23.3 Å². The van der Waals surface area contributed by atoms with Gasteiger partial charge in [-0.2, -0.15) is 0 Å². The summed E-state index contributed by atoms with van der Waals surface area (Å²) in [6.45, 7) is 2.12. The van der Waals surface area contributed by atoms with Gasteiger partial charge >= 0.3 is 0 Å². The number of unbranched alkanes of at least 4 members (excludes halogenated alkanes) is 8. The van der Waals surface area contributed by atoms with Crippen LogP contribution in [0, 0.1) is 3.57 Å². The van der Waals surface area contributed by atoms with Crippen LogP contribution in [0.2, 0.25) is 0 Å². The highest BCUT2D eigenvalue weighted by molar-refractivity contribution is 14.1. The fourth-order valence-corrected chi connectivity index (χ4v) is 7.12. The summed E-state index contributed by atoms with van der Waals surface area (Å²) >= 11 is 2.05. The van der Waals surface area contributed by atoms with Gasteiger partial charge in [0.1, 0.15) is 18.5 Å². The predicted molar refractivity (Wildman–Crippen MR) is 179 cm³/mol. The quantitative estimate of drug-likeness (QED) is 0.0947. The molecule has 3 N–H and O–H groups in total. The highest BCUT2D eigenvalue weighted by atomic mass is 127. The second-order valence-corrected chi connectivity index (χ2v) is 13.1. The van der Waals surface area contributed by atoms with Crippen molar-refractivity contribution in [1.82, 2.24) is 10.2 Å². The molecule has 0 radical (unpaired) electrons. The Balaban J connectivity index is 1.81. The number of carbonyl (C=O) groups is 3. The zero-order valence-electron chi connectivity index (χ0n) is 26.4. The predicted octanol–water partition coefficient (Wildman–Crippen LogP) is 5.72. The number of hydrogen-bond acceptors (Lipinski definition) is 7. The number of nitrogens with one attached hydrogen (secondary N) is 1. The van der Waals surface area contributed by atoms with Gasteiger partial charge in [-0.3, -0.25) is 14.4 Å². The number of nitrogens with zero attached hydrogens (tertiary/aromatic N) is 1. The van der Waals surface area contributed by atoms with Gasteiger partial charge in [-0.1, -0.05) is 71.1 Å². The van der Waals surface area contributed by atoms with Gasteiger partial charge in [-0.05, 0) is 60.1 Å². The van der Waals surface area contributed by atoms with Crippen molar-refractivity contribution in [2.24, 2.45) is 0 Å². The maximum absolute atomic E-state index is 13.9. The van der Waals surface area contributed by atoms with E-state index in [4.69, 9.17) is 9.47 Å². The minimum atomic E-state index is -1.09. The summed E-state index contributed by atoms with van der Waals surface area (Å²) in [5.41, 5.74) is 0.825. The summed E-state index contributed by atoms with van der Waals surface area (Å²) in [4.78, 5) is 40.3. The third-order valence-corrected chi connectivity index (χ3v) is 9.51. The molecule has 0 spiro atoms. The van der Waals surface area contributed by atoms with E-state index in [1.54, 1.807) is 18.2 Å². The highest BCUT2D eigenvalue weighted by Gasteiger charge is 2.43. The largest absolute Gasteiger partial charge is 0.493 e. The zero-order chi connectivity index (χ0) is 31.9. The van der Waals surface area contributed by atoms with Gasteiger partial charge in [-0.25, -0.2) is 0 Å². The molecular formula is C34H51IN2O7. The van der Waals surface area contributed by atoms with Crippen molar-refractivity contribution in [2.75, 3.05) is 20.3 Å². The van der Waals surface area contributed by atoms with Crippen LogP contribution in [-0.2, 0) is 9.59 Å². The number of ether oxygens (including phenoxy) is 2. The van der Waals surface area contributed by atoms with Crippen molar-refractivity contribution in [2.45, 2.75) is 128 Å². The Morgan fingerprint density at radius 2 is 1.73 bits per heavy atom. The maximum atomic E-state index is 13.9. The van der Waals surface area contributed by atoms with Crippen LogP contribution in [0.1, 0.15) is 114 Å². The van der Waals surface area contributed by atoms with Crippen molar-refractivity contribution in [3.05, 3.63) is 32.9 Å². The molecule has 2 aliphatic carbocycles. The second kappa shape index (κ2) is 19.4. The number of amides is 2. The average Bonchev–Trinajstić information content (AvgIpc) is 3.55. The Hall–Kier alpha value is -2.18. The third kappa shape index (κ3) is 10.4. The second-order valence-electron chi connectivity index (χ2n) is 12.0. The molecule has 0 aromatic heterocycles. The van der Waals surface area contributed by atoms with Gasteiger partial charge in [0, 0.05) is 36.6 Å². The number of aldehydes is 1.